The zero-order valence-electron chi connectivity index (χ0n) is 13.5. The van der Waals surface area contributed by atoms with Crippen molar-refractivity contribution in [3.05, 3.63) is 46.2 Å². The van der Waals surface area contributed by atoms with Gasteiger partial charge in [-0.1, -0.05) is 31.9 Å². The Morgan fingerprint density at radius 1 is 1.39 bits per heavy atom. The van der Waals surface area contributed by atoms with Gasteiger partial charge in [0.15, 0.2) is 0 Å². The second kappa shape index (κ2) is 9.37. The molecule has 0 amide bonds. The number of benzene rings is 1. The summed E-state index contributed by atoms with van der Waals surface area (Å²) in [6, 6.07) is 5.03. The molecule has 0 unspecified atom stereocenters. The molecule has 1 heterocycles. The van der Waals surface area contributed by atoms with Gasteiger partial charge in [0.25, 0.3) is 0 Å². The summed E-state index contributed by atoms with van der Waals surface area (Å²) in [7, 11) is 0. The van der Waals surface area contributed by atoms with Gasteiger partial charge in [-0.3, -0.25) is 5.43 Å². The largest absolute Gasteiger partial charge is 0.377 e. The number of halogens is 1. The van der Waals surface area contributed by atoms with E-state index >= 15 is 0 Å². The lowest BCUT2D eigenvalue weighted by atomic mass is 10.1. The van der Waals surface area contributed by atoms with Crippen LogP contribution in [0.2, 0.25) is 0 Å². The zero-order chi connectivity index (χ0) is 16.5. The highest BCUT2D eigenvalue weighted by molar-refractivity contribution is 7.13. The van der Waals surface area contributed by atoms with Crippen molar-refractivity contribution in [2.24, 2.45) is 5.10 Å². The highest BCUT2D eigenvalue weighted by atomic mass is 32.1. The number of hydrogen-bond donors (Lipinski definition) is 1. The summed E-state index contributed by atoms with van der Waals surface area (Å²) < 4.78 is 19.5. The topological polar surface area (TPSA) is 46.5 Å². The maximum atomic E-state index is 14.0. The van der Waals surface area contributed by atoms with Gasteiger partial charge in [-0.15, -0.1) is 11.3 Å². The van der Waals surface area contributed by atoms with E-state index in [9.17, 15) is 4.39 Å². The summed E-state index contributed by atoms with van der Waals surface area (Å²) in [5, 5.41) is 6.72. The molecule has 6 heteroatoms. The predicted molar refractivity (Wildman–Crippen MR) is 93.6 cm³/mol. The molecule has 0 aliphatic rings. The Hall–Kier alpha value is -1.79. The maximum Gasteiger partial charge on any atom is 0.203 e. The lowest BCUT2D eigenvalue weighted by Crippen LogP contribution is -1.99. The first-order chi connectivity index (χ1) is 11.2. The van der Waals surface area contributed by atoms with Crippen molar-refractivity contribution in [1.82, 2.24) is 4.98 Å². The van der Waals surface area contributed by atoms with Crippen LogP contribution >= 0.6 is 11.3 Å². The first kappa shape index (κ1) is 17.6. The number of nitrogens with one attached hydrogen (secondary N) is 1. The number of ether oxygens (including phenoxy) is 1. The zero-order valence-corrected chi connectivity index (χ0v) is 14.3. The molecule has 0 bridgehead atoms. The number of nitrogens with zero attached hydrogens (tertiary/aromatic N) is 2. The smallest absolute Gasteiger partial charge is 0.203 e. The molecule has 2 rings (SSSR count). The van der Waals surface area contributed by atoms with Gasteiger partial charge in [-0.05, 0) is 25.0 Å². The van der Waals surface area contributed by atoms with Crippen LogP contribution in [0.4, 0.5) is 9.52 Å². The summed E-state index contributed by atoms with van der Waals surface area (Å²) in [6.07, 6.45) is 4.89. The second-order valence-electron chi connectivity index (χ2n) is 5.27. The Balaban J connectivity index is 1.83. The summed E-state index contributed by atoms with van der Waals surface area (Å²) in [5.74, 6) is -0.269. The average molecular weight is 335 g/mol. The summed E-state index contributed by atoms with van der Waals surface area (Å²) in [4.78, 5) is 4.23. The molecule has 0 aliphatic heterocycles. The van der Waals surface area contributed by atoms with E-state index in [4.69, 9.17) is 4.74 Å². The minimum Gasteiger partial charge on any atom is -0.377 e. The number of thiazole rings is 1. The number of unbranched alkanes of at least 4 members (excludes halogenated alkanes) is 2. The Labute approximate surface area is 140 Å². The number of aryl methyl sites for hydroxylation is 1. The fourth-order valence-electron chi connectivity index (χ4n) is 1.96. The number of hydrogen-bond acceptors (Lipinski definition) is 5. The first-order valence-corrected chi connectivity index (χ1v) is 8.64. The molecule has 4 nitrogen and oxygen atoms in total. The van der Waals surface area contributed by atoms with Gasteiger partial charge in [-0.25, -0.2) is 9.37 Å². The monoisotopic (exact) mass is 335 g/mol. The fraction of sp³-hybridized carbons (Fsp3) is 0.412. The van der Waals surface area contributed by atoms with Gasteiger partial charge in [0.05, 0.1) is 18.5 Å². The second-order valence-corrected chi connectivity index (χ2v) is 6.13. The van der Waals surface area contributed by atoms with E-state index in [2.05, 4.69) is 22.4 Å². The van der Waals surface area contributed by atoms with Gasteiger partial charge in [0, 0.05) is 17.6 Å². The number of aromatic nitrogens is 1. The molecule has 124 valence electrons. The Morgan fingerprint density at radius 3 is 2.96 bits per heavy atom. The molecule has 0 saturated carbocycles. The van der Waals surface area contributed by atoms with Crippen LogP contribution in [0.3, 0.4) is 0 Å². The van der Waals surface area contributed by atoms with Crippen LogP contribution in [0.5, 0.6) is 0 Å². The van der Waals surface area contributed by atoms with Crippen LogP contribution < -0.4 is 5.43 Å². The lowest BCUT2D eigenvalue weighted by Gasteiger charge is -2.06. The minimum absolute atomic E-state index is 0.269. The van der Waals surface area contributed by atoms with Crippen molar-refractivity contribution in [1.29, 1.82) is 0 Å². The van der Waals surface area contributed by atoms with Crippen LogP contribution in [0.15, 0.2) is 28.7 Å². The van der Waals surface area contributed by atoms with Crippen LogP contribution in [0.1, 0.15) is 43.0 Å². The SMILES string of the molecule is CCCCCOCc1ccc(C=NNc2nc(C)cs2)cc1F. The third kappa shape index (κ3) is 6.08. The summed E-state index contributed by atoms with van der Waals surface area (Å²) in [6.45, 7) is 5.05. The van der Waals surface area contributed by atoms with E-state index in [0.29, 0.717) is 24.3 Å². The Kier molecular flexibility index (Phi) is 7.16. The van der Waals surface area contributed by atoms with Crippen LogP contribution in [0.25, 0.3) is 0 Å². The highest BCUT2D eigenvalue weighted by Gasteiger charge is 2.03. The van der Waals surface area contributed by atoms with Gasteiger partial charge in [0.1, 0.15) is 5.82 Å². The van der Waals surface area contributed by atoms with Crippen molar-refractivity contribution in [3.63, 3.8) is 0 Å². The van der Waals surface area contributed by atoms with Gasteiger partial charge in [0.2, 0.25) is 5.13 Å². The van der Waals surface area contributed by atoms with Gasteiger partial charge < -0.3 is 4.74 Å². The standard InChI is InChI=1S/C17H22FN3OS/c1-3-4-5-8-22-11-15-7-6-14(9-16(15)18)10-19-21-17-20-13(2)12-23-17/h6-7,9-10,12H,3-5,8,11H2,1-2H3,(H,20,21). The molecule has 0 saturated heterocycles. The van der Waals surface area contributed by atoms with Crippen LogP contribution in [-0.4, -0.2) is 17.8 Å². The van der Waals surface area contributed by atoms with Gasteiger partial charge in [-0.2, -0.15) is 5.10 Å². The van der Waals surface area contributed by atoms with Crippen LogP contribution in [0, 0.1) is 12.7 Å². The lowest BCUT2D eigenvalue weighted by molar-refractivity contribution is 0.115. The Morgan fingerprint density at radius 2 is 2.26 bits per heavy atom. The van der Waals surface area contributed by atoms with Crippen molar-refractivity contribution in [3.8, 4) is 0 Å². The third-order valence-electron chi connectivity index (χ3n) is 3.22. The molecular weight excluding hydrogens is 313 g/mol. The van der Waals surface area contributed by atoms with E-state index in [-0.39, 0.29) is 5.82 Å². The normalized spacial score (nSPS) is 11.3. The number of rotatable bonds is 9. The van der Waals surface area contributed by atoms with E-state index in [1.807, 2.05) is 18.4 Å². The molecule has 1 N–H and O–H groups in total. The molecule has 0 radical (unpaired) electrons. The minimum atomic E-state index is -0.269. The molecular formula is C17H22FN3OS. The van der Waals surface area contributed by atoms with E-state index < -0.39 is 0 Å². The number of hydrazone groups is 1. The van der Waals surface area contributed by atoms with E-state index in [0.717, 1.165) is 30.1 Å². The molecule has 1 aromatic heterocycles. The van der Waals surface area contributed by atoms with Crippen molar-refractivity contribution in [2.75, 3.05) is 12.0 Å². The molecule has 0 fully saturated rings. The quantitative estimate of drug-likeness (QED) is 0.409. The average Bonchev–Trinajstić information content (AvgIpc) is 2.94. The third-order valence-corrected chi connectivity index (χ3v) is 4.08. The van der Waals surface area contributed by atoms with E-state index in [1.54, 1.807) is 12.3 Å². The summed E-state index contributed by atoms with van der Waals surface area (Å²) in [5.41, 5.74) is 5.04. The summed E-state index contributed by atoms with van der Waals surface area (Å²) >= 11 is 1.48. The molecule has 1 aromatic carbocycles. The number of anilines is 1. The Bertz CT molecular complexity index is 643. The highest BCUT2D eigenvalue weighted by Crippen LogP contribution is 2.14. The van der Waals surface area contributed by atoms with Crippen LogP contribution in [-0.2, 0) is 11.3 Å². The maximum absolute atomic E-state index is 14.0. The van der Waals surface area contributed by atoms with Crippen molar-refractivity contribution < 1.29 is 9.13 Å². The molecule has 0 spiro atoms. The van der Waals surface area contributed by atoms with Crippen molar-refractivity contribution in [2.45, 2.75) is 39.7 Å². The van der Waals surface area contributed by atoms with E-state index in [1.165, 1.54) is 17.4 Å². The fourth-order valence-corrected chi connectivity index (χ4v) is 2.60. The molecule has 0 aliphatic carbocycles. The molecule has 2 aromatic rings. The van der Waals surface area contributed by atoms with Gasteiger partial charge >= 0.3 is 0 Å². The first-order valence-electron chi connectivity index (χ1n) is 7.76. The van der Waals surface area contributed by atoms with Crippen molar-refractivity contribution >= 4 is 22.7 Å². The molecule has 0 atom stereocenters. The predicted octanol–water partition coefficient (Wildman–Crippen LogP) is 4.74. The molecule has 23 heavy (non-hydrogen) atoms.